The van der Waals surface area contributed by atoms with Gasteiger partial charge in [-0.2, -0.15) is 0 Å². The number of guanidine groups is 1. The van der Waals surface area contributed by atoms with Gasteiger partial charge in [0.1, 0.15) is 0 Å². The maximum absolute atomic E-state index is 4.90. The summed E-state index contributed by atoms with van der Waals surface area (Å²) in [5.74, 6) is 1.13. The molecule has 0 radical (unpaired) electrons. The van der Waals surface area contributed by atoms with Crippen LogP contribution in [0.5, 0.6) is 0 Å². The Morgan fingerprint density at radius 2 is 1.88 bits per heavy atom. The van der Waals surface area contributed by atoms with E-state index in [-0.39, 0.29) is 24.0 Å². The number of halogens is 1. The molecule has 2 fully saturated rings. The van der Waals surface area contributed by atoms with Crippen molar-refractivity contribution in [1.82, 2.24) is 20.0 Å². The van der Waals surface area contributed by atoms with Crippen molar-refractivity contribution in [3.63, 3.8) is 0 Å². The Kier molecular flexibility index (Phi) is 11.3. The molecule has 0 amide bonds. The second kappa shape index (κ2) is 12.3. The molecule has 5 nitrogen and oxygen atoms in total. The van der Waals surface area contributed by atoms with Crippen molar-refractivity contribution >= 4 is 29.9 Å². The van der Waals surface area contributed by atoms with Gasteiger partial charge in [-0.05, 0) is 58.8 Å². The van der Waals surface area contributed by atoms with Crippen molar-refractivity contribution < 1.29 is 0 Å². The largest absolute Gasteiger partial charge is 0.357 e. The molecule has 6 heteroatoms. The van der Waals surface area contributed by atoms with Gasteiger partial charge in [-0.3, -0.25) is 9.89 Å². The van der Waals surface area contributed by atoms with E-state index >= 15 is 0 Å². The Balaban J connectivity index is 0.00000288. The number of nitrogens with zero attached hydrogens (tertiary/aromatic N) is 4. The van der Waals surface area contributed by atoms with Crippen LogP contribution >= 0.6 is 24.0 Å². The Labute approximate surface area is 166 Å². The first-order valence-electron chi connectivity index (χ1n) is 9.78. The summed E-state index contributed by atoms with van der Waals surface area (Å²) in [7, 11) is 0. The molecule has 2 saturated heterocycles. The minimum absolute atomic E-state index is 0. The predicted molar refractivity (Wildman–Crippen MR) is 115 cm³/mol. The van der Waals surface area contributed by atoms with E-state index in [0.717, 1.165) is 51.3 Å². The fourth-order valence-electron chi connectivity index (χ4n) is 3.81. The average Bonchev–Trinajstić information content (AvgIpc) is 3.23. The highest BCUT2D eigenvalue weighted by Crippen LogP contribution is 2.20. The minimum atomic E-state index is 0. The lowest BCUT2D eigenvalue weighted by molar-refractivity contribution is 0.249. The van der Waals surface area contributed by atoms with Crippen LogP contribution in [0.15, 0.2) is 4.99 Å². The molecular formula is C18H38IN5. The lowest BCUT2D eigenvalue weighted by atomic mass is 10.2. The summed E-state index contributed by atoms with van der Waals surface area (Å²) < 4.78 is 0. The van der Waals surface area contributed by atoms with E-state index < -0.39 is 0 Å². The summed E-state index contributed by atoms with van der Waals surface area (Å²) in [6.45, 7) is 16.8. The number of nitrogens with one attached hydrogen (secondary N) is 1. The summed E-state index contributed by atoms with van der Waals surface area (Å²) in [6, 6.07) is 0.744. The molecular weight excluding hydrogens is 413 g/mol. The molecule has 24 heavy (non-hydrogen) atoms. The third kappa shape index (κ3) is 6.67. The van der Waals surface area contributed by atoms with Crippen LogP contribution < -0.4 is 5.32 Å². The number of hydrogen-bond donors (Lipinski definition) is 1. The van der Waals surface area contributed by atoms with Gasteiger partial charge in [-0.1, -0.05) is 13.8 Å². The molecule has 0 spiro atoms. The summed E-state index contributed by atoms with van der Waals surface area (Å²) >= 11 is 0. The molecule has 2 aliphatic rings. The molecule has 0 aliphatic carbocycles. The number of hydrogen-bond acceptors (Lipinski definition) is 3. The van der Waals surface area contributed by atoms with Crippen LogP contribution in [0.1, 0.15) is 46.5 Å². The second-order valence-electron chi connectivity index (χ2n) is 6.80. The van der Waals surface area contributed by atoms with Crippen molar-refractivity contribution in [3.05, 3.63) is 0 Å². The molecule has 2 aliphatic heterocycles. The number of likely N-dealkylation sites (N-methyl/N-ethyl adjacent to an activating group) is 1. The van der Waals surface area contributed by atoms with Gasteiger partial charge in [0, 0.05) is 32.2 Å². The molecule has 1 unspecified atom stereocenters. The zero-order valence-corrected chi connectivity index (χ0v) is 18.3. The minimum Gasteiger partial charge on any atom is -0.357 e. The molecule has 0 aromatic rings. The number of aliphatic imine (C=N–C) groups is 1. The predicted octanol–water partition coefficient (Wildman–Crippen LogP) is 2.47. The van der Waals surface area contributed by atoms with Crippen molar-refractivity contribution in [2.24, 2.45) is 4.99 Å². The van der Waals surface area contributed by atoms with E-state index in [1.54, 1.807) is 0 Å². The molecule has 0 saturated carbocycles. The topological polar surface area (TPSA) is 34.1 Å². The summed E-state index contributed by atoms with van der Waals surface area (Å²) in [5.41, 5.74) is 0. The molecule has 1 atom stereocenters. The lowest BCUT2D eigenvalue weighted by Gasteiger charge is -2.26. The van der Waals surface area contributed by atoms with Crippen molar-refractivity contribution in [2.75, 3.05) is 58.9 Å². The van der Waals surface area contributed by atoms with E-state index in [4.69, 9.17) is 4.99 Å². The van der Waals surface area contributed by atoms with Gasteiger partial charge >= 0.3 is 0 Å². The fraction of sp³-hybridized carbons (Fsp3) is 0.944. The highest BCUT2D eigenvalue weighted by Gasteiger charge is 2.30. The Bertz CT molecular complexity index is 357. The molecule has 1 N–H and O–H groups in total. The quantitative estimate of drug-likeness (QED) is 0.349. The number of rotatable bonds is 8. The van der Waals surface area contributed by atoms with Crippen LogP contribution in [0, 0.1) is 0 Å². The average molecular weight is 451 g/mol. The molecule has 0 aromatic heterocycles. The third-order valence-corrected chi connectivity index (χ3v) is 5.12. The van der Waals surface area contributed by atoms with E-state index in [1.807, 2.05) is 0 Å². The van der Waals surface area contributed by atoms with Gasteiger partial charge < -0.3 is 15.1 Å². The van der Waals surface area contributed by atoms with Crippen LogP contribution in [-0.2, 0) is 0 Å². The van der Waals surface area contributed by atoms with Crippen LogP contribution in [0.3, 0.4) is 0 Å². The Morgan fingerprint density at radius 1 is 1.12 bits per heavy atom. The van der Waals surface area contributed by atoms with Gasteiger partial charge in [-0.15, -0.1) is 24.0 Å². The van der Waals surface area contributed by atoms with Crippen LogP contribution in [0.25, 0.3) is 0 Å². The van der Waals surface area contributed by atoms with Gasteiger partial charge in [-0.25, -0.2) is 0 Å². The van der Waals surface area contributed by atoms with Gasteiger partial charge in [0.05, 0.1) is 6.54 Å². The molecule has 0 bridgehead atoms. The first kappa shape index (κ1) is 22.0. The first-order valence-corrected chi connectivity index (χ1v) is 9.78. The third-order valence-electron chi connectivity index (χ3n) is 5.12. The molecule has 2 heterocycles. The van der Waals surface area contributed by atoms with E-state index in [0.29, 0.717) is 0 Å². The Morgan fingerprint density at radius 3 is 2.50 bits per heavy atom. The van der Waals surface area contributed by atoms with Gasteiger partial charge in [0.15, 0.2) is 5.96 Å². The van der Waals surface area contributed by atoms with Crippen LogP contribution in [0.4, 0.5) is 0 Å². The van der Waals surface area contributed by atoms with Crippen LogP contribution in [0.2, 0.25) is 0 Å². The maximum atomic E-state index is 4.90. The molecule has 2 rings (SSSR count). The second-order valence-corrected chi connectivity index (χ2v) is 6.80. The van der Waals surface area contributed by atoms with E-state index in [1.165, 1.54) is 45.3 Å². The van der Waals surface area contributed by atoms with Crippen LogP contribution in [-0.4, -0.2) is 85.6 Å². The summed E-state index contributed by atoms with van der Waals surface area (Å²) in [4.78, 5) is 12.5. The maximum Gasteiger partial charge on any atom is 0.194 e. The van der Waals surface area contributed by atoms with Crippen molar-refractivity contribution in [2.45, 2.75) is 52.5 Å². The van der Waals surface area contributed by atoms with E-state index in [2.05, 4.69) is 40.8 Å². The zero-order chi connectivity index (χ0) is 16.5. The normalized spacial score (nSPS) is 22.2. The summed E-state index contributed by atoms with van der Waals surface area (Å²) in [6.07, 6.45) is 5.28. The summed E-state index contributed by atoms with van der Waals surface area (Å²) in [5, 5.41) is 3.50. The lowest BCUT2D eigenvalue weighted by Crippen LogP contribution is -2.43. The van der Waals surface area contributed by atoms with Gasteiger partial charge in [0.25, 0.3) is 0 Å². The highest BCUT2D eigenvalue weighted by molar-refractivity contribution is 14.0. The Hall–Kier alpha value is -0.0800. The monoisotopic (exact) mass is 451 g/mol. The van der Waals surface area contributed by atoms with E-state index in [9.17, 15) is 0 Å². The standard InChI is InChI=1S/C18H37N5.HI/c1-4-11-21(6-3)15-10-20-18(19-5-2)23-14-9-17(16-23)22-12-7-8-13-22;/h17H,4-16H2,1-3H3,(H,19,20);1H. The molecule has 142 valence electrons. The first-order chi connectivity index (χ1) is 11.3. The highest BCUT2D eigenvalue weighted by atomic mass is 127. The smallest absolute Gasteiger partial charge is 0.194 e. The van der Waals surface area contributed by atoms with Crippen molar-refractivity contribution in [1.29, 1.82) is 0 Å². The number of likely N-dealkylation sites (tertiary alicyclic amines) is 2. The molecule has 0 aromatic carbocycles. The SMILES string of the molecule is CCCN(CC)CCN=C(NCC)N1CCC(N2CCCC2)C1.I. The zero-order valence-electron chi connectivity index (χ0n) is 16.0. The van der Waals surface area contributed by atoms with Crippen molar-refractivity contribution in [3.8, 4) is 0 Å². The van der Waals surface area contributed by atoms with Gasteiger partial charge in [0.2, 0.25) is 0 Å². The fourth-order valence-corrected chi connectivity index (χ4v) is 3.81.